The highest BCUT2D eigenvalue weighted by Crippen LogP contribution is 2.01. The van der Waals surface area contributed by atoms with Crippen molar-refractivity contribution >= 4 is 11.8 Å². The fourth-order valence-electron chi connectivity index (χ4n) is 0.800. The quantitative estimate of drug-likeness (QED) is 0.483. The van der Waals surface area contributed by atoms with Crippen LogP contribution in [0.3, 0.4) is 0 Å². The van der Waals surface area contributed by atoms with Crippen molar-refractivity contribution in [3.05, 3.63) is 12.7 Å². The molecule has 0 spiro atoms. The van der Waals surface area contributed by atoms with Crippen molar-refractivity contribution in [3.8, 4) is 0 Å². The van der Waals surface area contributed by atoms with Gasteiger partial charge in [-0.25, -0.2) is 0 Å². The van der Waals surface area contributed by atoms with Crippen LogP contribution in [0.1, 0.15) is 19.8 Å². The summed E-state index contributed by atoms with van der Waals surface area (Å²) in [6.45, 7) is 5.21. The lowest BCUT2D eigenvalue weighted by atomic mass is 10.1. The van der Waals surface area contributed by atoms with E-state index in [-0.39, 0.29) is 25.2 Å². The molecule has 1 atom stereocenters. The summed E-state index contributed by atoms with van der Waals surface area (Å²) in [4.78, 5) is 21.5. The zero-order valence-electron chi connectivity index (χ0n) is 7.66. The fraction of sp³-hybridized carbons (Fsp3) is 0.556. The van der Waals surface area contributed by atoms with Gasteiger partial charge in [-0.1, -0.05) is 6.58 Å². The maximum absolute atomic E-state index is 10.8. The molecule has 0 rings (SSSR count). The lowest BCUT2D eigenvalue weighted by Gasteiger charge is -2.06. The second kappa shape index (κ2) is 6.37. The molecule has 4 nitrogen and oxygen atoms in total. The molecule has 0 amide bonds. The van der Waals surface area contributed by atoms with Crippen molar-refractivity contribution < 1.29 is 19.4 Å². The van der Waals surface area contributed by atoms with E-state index in [9.17, 15) is 14.7 Å². The summed E-state index contributed by atoms with van der Waals surface area (Å²) in [5, 5.41) is 9.18. The van der Waals surface area contributed by atoms with Gasteiger partial charge < -0.3 is 9.84 Å². The van der Waals surface area contributed by atoms with Gasteiger partial charge in [0.05, 0.1) is 19.1 Å². The SMILES string of the molecule is C=CC(=O)C[C@@H](O)CC(=O)OCC. The summed E-state index contributed by atoms with van der Waals surface area (Å²) in [6.07, 6.45) is -0.0750. The summed E-state index contributed by atoms with van der Waals surface area (Å²) >= 11 is 0. The lowest BCUT2D eigenvalue weighted by Crippen LogP contribution is -2.18. The number of aliphatic hydroxyl groups excluding tert-OH is 1. The van der Waals surface area contributed by atoms with Gasteiger partial charge in [0, 0.05) is 6.42 Å². The van der Waals surface area contributed by atoms with Crippen molar-refractivity contribution in [1.82, 2.24) is 0 Å². The average molecular weight is 186 g/mol. The van der Waals surface area contributed by atoms with E-state index in [0.717, 1.165) is 6.08 Å². The molecule has 0 unspecified atom stereocenters. The van der Waals surface area contributed by atoms with Crippen LogP contribution in [0.4, 0.5) is 0 Å². The third kappa shape index (κ3) is 6.04. The van der Waals surface area contributed by atoms with E-state index in [1.807, 2.05) is 0 Å². The van der Waals surface area contributed by atoms with Crippen LogP contribution in [0.25, 0.3) is 0 Å². The van der Waals surface area contributed by atoms with Crippen molar-refractivity contribution in [2.75, 3.05) is 6.61 Å². The number of hydrogen-bond acceptors (Lipinski definition) is 4. The summed E-state index contributed by atoms with van der Waals surface area (Å²) in [5.41, 5.74) is 0. The van der Waals surface area contributed by atoms with E-state index in [1.54, 1.807) is 6.92 Å². The van der Waals surface area contributed by atoms with Crippen LogP contribution in [-0.2, 0) is 14.3 Å². The normalized spacial score (nSPS) is 11.8. The molecule has 0 aliphatic carbocycles. The van der Waals surface area contributed by atoms with Crippen LogP contribution in [0, 0.1) is 0 Å². The first-order valence-electron chi connectivity index (χ1n) is 4.09. The van der Waals surface area contributed by atoms with E-state index < -0.39 is 12.1 Å². The molecule has 0 saturated heterocycles. The lowest BCUT2D eigenvalue weighted by molar-refractivity contribution is -0.145. The molecule has 0 aromatic carbocycles. The van der Waals surface area contributed by atoms with Gasteiger partial charge in [-0.15, -0.1) is 0 Å². The standard InChI is InChI=1S/C9H14O4/c1-3-7(10)5-8(11)6-9(12)13-4-2/h3,8,11H,1,4-6H2,2H3/t8-/m1/s1. The van der Waals surface area contributed by atoms with Crippen molar-refractivity contribution in [1.29, 1.82) is 0 Å². The molecule has 74 valence electrons. The molecule has 0 aromatic rings. The third-order valence-electron chi connectivity index (χ3n) is 1.37. The van der Waals surface area contributed by atoms with Gasteiger partial charge in [-0.2, -0.15) is 0 Å². The Morgan fingerprint density at radius 2 is 2.15 bits per heavy atom. The first kappa shape index (κ1) is 11.8. The number of carbonyl (C=O) groups is 2. The van der Waals surface area contributed by atoms with E-state index in [1.165, 1.54) is 0 Å². The van der Waals surface area contributed by atoms with Crippen LogP contribution in [-0.4, -0.2) is 29.6 Å². The van der Waals surface area contributed by atoms with Crippen LogP contribution in [0.5, 0.6) is 0 Å². The molecule has 13 heavy (non-hydrogen) atoms. The van der Waals surface area contributed by atoms with Gasteiger partial charge in [0.1, 0.15) is 0 Å². The molecule has 0 fully saturated rings. The van der Waals surface area contributed by atoms with Crippen LogP contribution >= 0.6 is 0 Å². The molecule has 0 bridgehead atoms. The molecular weight excluding hydrogens is 172 g/mol. The summed E-state index contributed by atoms with van der Waals surface area (Å²) in [7, 11) is 0. The minimum absolute atomic E-state index is 0.0810. The second-order valence-corrected chi connectivity index (χ2v) is 2.54. The van der Waals surface area contributed by atoms with E-state index in [2.05, 4.69) is 11.3 Å². The average Bonchev–Trinajstić information content (AvgIpc) is 2.04. The molecule has 1 N–H and O–H groups in total. The highest BCUT2D eigenvalue weighted by molar-refractivity contribution is 5.89. The largest absolute Gasteiger partial charge is 0.466 e. The number of esters is 1. The minimum atomic E-state index is -0.968. The number of allylic oxidation sites excluding steroid dienone is 1. The Hall–Kier alpha value is -1.16. The predicted molar refractivity (Wildman–Crippen MR) is 47.1 cm³/mol. The topological polar surface area (TPSA) is 63.6 Å². The Balaban J connectivity index is 3.73. The maximum atomic E-state index is 10.8. The molecule has 0 aliphatic heterocycles. The Labute approximate surface area is 77.2 Å². The summed E-state index contributed by atoms with van der Waals surface area (Å²) in [5.74, 6) is -0.774. The summed E-state index contributed by atoms with van der Waals surface area (Å²) < 4.78 is 4.59. The number of ketones is 1. The number of rotatable bonds is 6. The highest BCUT2D eigenvalue weighted by atomic mass is 16.5. The fourth-order valence-corrected chi connectivity index (χ4v) is 0.800. The van der Waals surface area contributed by atoms with Crippen molar-refractivity contribution in [2.24, 2.45) is 0 Å². The Morgan fingerprint density at radius 1 is 1.54 bits per heavy atom. The Bertz CT molecular complexity index is 198. The minimum Gasteiger partial charge on any atom is -0.466 e. The molecule has 0 heterocycles. The first-order chi connectivity index (χ1) is 6.10. The molecule has 0 saturated carbocycles. The number of aliphatic hydroxyl groups is 1. The zero-order valence-corrected chi connectivity index (χ0v) is 7.66. The molecule has 4 heteroatoms. The van der Waals surface area contributed by atoms with Crippen LogP contribution < -0.4 is 0 Å². The molecule has 0 aliphatic rings. The molecule has 0 aromatic heterocycles. The van der Waals surface area contributed by atoms with Gasteiger partial charge in [0.25, 0.3) is 0 Å². The smallest absolute Gasteiger partial charge is 0.308 e. The van der Waals surface area contributed by atoms with Crippen LogP contribution in [0.15, 0.2) is 12.7 Å². The zero-order chi connectivity index (χ0) is 10.3. The van der Waals surface area contributed by atoms with Gasteiger partial charge >= 0.3 is 5.97 Å². The van der Waals surface area contributed by atoms with Gasteiger partial charge in [-0.3, -0.25) is 9.59 Å². The maximum Gasteiger partial charge on any atom is 0.308 e. The number of hydrogen-bond donors (Lipinski definition) is 1. The highest BCUT2D eigenvalue weighted by Gasteiger charge is 2.13. The van der Waals surface area contributed by atoms with E-state index >= 15 is 0 Å². The van der Waals surface area contributed by atoms with Gasteiger partial charge in [0.15, 0.2) is 5.78 Å². The van der Waals surface area contributed by atoms with E-state index in [0.29, 0.717) is 0 Å². The molecular formula is C9H14O4. The Morgan fingerprint density at radius 3 is 2.62 bits per heavy atom. The number of carbonyl (C=O) groups excluding carboxylic acids is 2. The Kier molecular flexibility index (Phi) is 5.80. The van der Waals surface area contributed by atoms with Gasteiger partial charge in [-0.05, 0) is 13.0 Å². The summed E-state index contributed by atoms with van der Waals surface area (Å²) in [6, 6.07) is 0. The molecule has 0 radical (unpaired) electrons. The van der Waals surface area contributed by atoms with Crippen molar-refractivity contribution in [2.45, 2.75) is 25.9 Å². The monoisotopic (exact) mass is 186 g/mol. The second-order valence-electron chi connectivity index (χ2n) is 2.54. The van der Waals surface area contributed by atoms with Gasteiger partial charge in [0.2, 0.25) is 0 Å². The van der Waals surface area contributed by atoms with E-state index in [4.69, 9.17) is 0 Å². The third-order valence-corrected chi connectivity index (χ3v) is 1.37. The first-order valence-corrected chi connectivity index (χ1v) is 4.09. The predicted octanol–water partition coefficient (Wildman–Crippen LogP) is 0.446. The van der Waals surface area contributed by atoms with Crippen molar-refractivity contribution in [3.63, 3.8) is 0 Å². The van der Waals surface area contributed by atoms with Crippen LogP contribution in [0.2, 0.25) is 0 Å². The number of ether oxygens (including phenoxy) is 1.